The number of urea groups is 1. The third-order valence-corrected chi connectivity index (χ3v) is 6.71. The van der Waals surface area contributed by atoms with Crippen LogP contribution in [0.15, 0.2) is 60.0 Å². The van der Waals surface area contributed by atoms with Crippen molar-refractivity contribution in [1.29, 1.82) is 0 Å². The SMILES string of the molecule is O=C(NCc1ccccc1)C1CCN(C(=O)NCCc2csc3ccccc23)CC1. The first-order valence-electron chi connectivity index (χ1n) is 10.5. The standard InChI is InChI=1S/C24H27N3O2S/c28-23(26-16-18-6-2-1-3-7-18)19-11-14-27(15-12-19)24(29)25-13-10-20-17-30-22-9-5-4-8-21(20)22/h1-9,17,19H,10-16H2,(H,25,29)(H,26,28). The van der Waals surface area contributed by atoms with Crippen molar-refractivity contribution in [3.63, 3.8) is 0 Å². The zero-order chi connectivity index (χ0) is 20.8. The number of fused-ring (bicyclic) bond motifs is 1. The number of likely N-dealkylation sites (tertiary alicyclic amines) is 1. The van der Waals surface area contributed by atoms with E-state index in [1.165, 1.54) is 15.6 Å². The molecule has 1 fully saturated rings. The fourth-order valence-corrected chi connectivity index (χ4v) is 4.91. The van der Waals surface area contributed by atoms with Crippen LogP contribution >= 0.6 is 11.3 Å². The number of nitrogens with zero attached hydrogens (tertiary/aromatic N) is 1. The minimum atomic E-state index is -0.0299. The average Bonchev–Trinajstić information content (AvgIpc) is 3.21. The molecule has 0 atom stereocenters. The summed E-state index contributed by atoms with van der Waals surface area (Å²) in [5.41, 5.74) is 2.38. The molecule has 0 bridgehead atoms. The summed E-state index contributed by atoms with van der Waals surface area (Å²) in [6, 6.07) is 18.3. The van der Waals surface area contributed by atoms with Crippen LogP contribution in [0.1, 0.15) is 24.0 Å². The third kappa shape index (κ3) is 5.00. The predicted molar refractivity (Wildman–Crippen MR) is 122 cm³/mol. The largest absolute Gasteiger partial charge is 0.352 e. The highest BCUT2D eigenvalue weighted by molar-refractivity contribution is 7.17. The topological polar surface area (TPSA) is 61.4 Å². The number of hydrogen-bond donors (Lipinski definition) is 2. The molecule has 1 saturated heterocycles. The molecule has 0 saturated carbocycles. The first-order chi connectivity index (χ1) is 14.7. The lowest BCUT2D eigenvalue weighted by molar-refractivity contribution is -0.126. The van der Waals surface area contributed by atoms with E-state index in [0.29, 0.717) is 39.0 Å². The Bertz CT molecular complexity index is 994. The molecule has 3 aromatic rings. The molecule has 3 amide bonds. The maximum Gasteiger partial charge on any atom is 0.317 e. The van der Waals surface area contributed by atoms with Crippen LogP contribution in [0.25, 0.3) is 10.1 Å². The van der Waals surface area contributed by atoms with Crippen molar-refractivity contribution < 1.29 is 9.59 Å². The third-order valence-electron chi connectivity index (χ3n) is 5.69. The first-order valence-corrected chi connectivity index (χ1v) is 11.4. The molecule has 0 aliphatic carbocycles. The Balaban J connectivity index is 1.18. The highest BCUT2D eigenvalue weighted by Crippen LogP contribution is 2.25. The van der Waals surface area contributed by atoms with E-state index in [1.807, 2.05) is 35.2 Å². The van der Waals surface area contributed by atoms with Crippen molar-refractivity contribution in [1.82, 2.24) is 15.5 Å². The molecule has 2 aromatic carbocycles. The quantitative estimate of drug-likeness (QED) is 0.627. The van der Waals surface area contributed by atoms with Gasteiger partial charge in [0.25, 0.3) is 0 Å². The van der Waals surface area contributed by atoms with Crippen LogP contribution < -0.4 is 10.6 Å². The zero-order valence-corrected chi connectivity index (χ0v) is 17.8. The Kier molecular flexibility index (Phi) is 6.64. The molecule has 30 heavy (non-hydrogen) atoms. The second kappa shape index (κ2) is 9.76. The molecule has 0 radical (unpaired) electrons. The van der Waals surface area contributed by atoms with Crippen molar-refractivity contribution in [2.24, 2.45) is 5.92 Å². The van der Waals surface area contributed by atoms with E-state index in [2.05, 4.69) is 40.3 Å². The summed E-state index contributed by atoms with van der Waals surface area (Å²) < 4.78 is 1.28. The van der Waals surface area contributed by atoms with E-state index in [9.17, 15) is 9.59 Å². The lowest BCUT2D eigenvalue weighted by atomic mass is 9.96. The number of thiophene rings is 1. The van der Waals surface area contributed by atoms with Crippen LogP contribution in [0, 0.1) is 5.92 Å². The van der Waals surface area contributed by atoms with E-state index in [4.69, 9.17) is 0 Å². The molecule has 0 spiro atoms. The minimum absolute atomic E-state index is 0.0186. The van der Waals surface area contributed by atoms with Gasteiger partial charge in [0.1, 0.15) is 0 Å². The summed E-state index contributed by atoms with van der Waals surface area (Å²) >= 11 is 1.75. The van der Waals surface area contributed by atoms with Gasteiger partial charge in [-0.2, -0.15) is 0 Å². The van der Waals surface area contributed by atoms with Crippen molar-refractivity contribution >= 4 is 33.4 Å². The smallest absolute Gasteiger partial charge is 0.317 e. The lowest BCUT2D eigenvalue weighted by Crippen LogP contribution is -2.47. The van der Waals surface area contributed by atoms with Crippen LogP contribution in [0.2, 0.25) is 0 Å². The second-order valence-electron chi connectivity index (χ2n) is 7.70. The van der Waals surface area contributed by atoms with Gasteiger partial charge in [-0.15, -0.1) is 11.3 Å². The van der Waals surface area contributed by atoms with Gasteiger partial charge in [-0.3, -0.25) is 4.79 Å². The van der Waals surface area contributed by atoms with Crippen molar-refractivity contribution in [2.45, 2.75) is 25.8 Å². The van der Waals surface area contributed by atoms with Crippen LogP contribution in [-0.2, 0) is 17.8 Å². The molecule has 1 aromatic heterocycles. The normalized spacial score (nSPS) is 14.6. The minimum Gasteiger partial charge on any atom is -0.352 e. The maximum absolute atomic E-state index is 12.5. The number of nitrogens with one attached hydrogen (secondary N) is 2. The zero-order valence-electron chi connectivity index (χ0n) is 17.0. The summed E-state index contributed by atoms with van der Waals surface area (Å²) in [7, 11) is 0. The van der Waals surface area contributed by atoms with Crippen molar-refractivity contribution in [2.75, 3.05) is 19.6 Å². The highest BCUT2D eigenvalue weighted by atomic mass is 32.1. The van der Waals surface area contributed by atoms with Crippen LogP contribution in [0.3, 0.4) is 0 Å². The molecule has 5 nitrogen and oxygen atoms in total. The van der Waals surface area contributed by atoms with Gasteiger partial charge in [0.05, 0.1) is 0 Å². The summed E-state index contributed by atoms with van der Waals surface area (Å²) in [4.78, 5) is 26.7. The Morgan fingerprint density at radius 1 is 0.967 bits per heavy atom. The average molecular weight is 422 g/mol. The summed E-state index contributed by atoms with van der Waals surface area (Å²) in [6.07, 6.45) is 2.25. The number of carbonyl (C=O) groups is 2. The Hall–Kier alpha value is -2.86. The van der Waals surface area contributed by atoms with E-state index in [1.54, 1.807) is 11.3 Å². The number of amides is 3. The van der Waals surface area contributed by atoms with Crippen LogP contribution in [-0.4, -0.2) is 36.5 Å². The van der Waals surface area contributed by atoms with Gasteiger partial charge in [-0.25, -0.2) is 4.79 Å². The Morgan fingerprint density at radius 2 is 1.70 bits per heavy atom. The van der Waals surface area contributed by atoms with E-state index >= 15 is 0 Å². The van der Waals surface area contributed by atoms with E-state index in [0.717, 1.165) is 12.0 Å². The summed E-state index contributed by atoms with van der Waals surface area (Å²) in [5, 5.41) is 9.51. The predicted octanol–water partition coefficient (Wildman–Crippen LogP) is 4.18. The Labute approximate surface area is 181 Å². The number of rotatable bonds is 6. The van der Waals surface area contributed by atoms with Gasteiger partial charge in [0.2, 0.25) is 5.91 Å². The highest BCUT2D eigenvalue weighted by Gasteiger charge is 2.27. The van der Waals surface area contributed by atoms with E-state index < -0.39 is 0 Å². The fourth-order valence-electron chi connectivity index (χ4n) is 3.92. The molecule has 1 aliphatic heterocycles. The molecule has 4 rings (SSSR count). The molecule has 1 aliphatic rings. The van der Waals surface area contributed by atoms with Gasteiger partial charge in [0.15, 0.2) is 0 Å². The Morgan fingerprint density at radius 3 is 2.50 bits per heavy atom. The number of carbonyl (C=O) groups excluding carboxylic acids is 2. The van der Waals surface area contributed by atoms with Crippen LogP contribution in [0.5, 0.6) is 0 Å². The lowest BCUT2D eigenvalue weighted by Gasteiger charge is -2.31. The number of hydrogen-bond acceptors (Lipinski definition) is 3. The molecular weight excluding hydrogens is 394 g/mol. The second-order valence-corrected chi connectivity index (χ2v) is 8.61. The van der Waals surface area contributed by atoms with Gasteiger partial charge < -0.3 is 15.5 Å². The summed E-state index contributed by atoms with van der Waals surface area (Å²) in [5.74, 6) is 0.0678. The number of piperidine rings is 1. The molecule has 156 valence electrons. The monoisotopic (exact) mass is 421 g/mol. The van der Waals surface area contributed by atoms with Gasteiger partial charge in [0, 0.05) is 36.8 Å². The van der Waals surface area contributed by atoms with E-state index in [-0.39, 0.29) is 17.9 Å². The fraction of sp³-hybridized carbons (Fsp3) is 0.333. The van der Waals surface area contributed by atoms with Gasteiger partial charge in [-0.05, 0) is 47.2 Å². The maximum atomic E-state index is 12.5. The van der Waals surface area contributed by atoms with Gasteiger partial charge >= 0.3 is 6.03 Å². The molecule has 6 heteroatoms. The van der Waals surface area contributed by atoms with Crippen molar-refractivity contribution in [3.8, 4) is 0 Å². The summed E-state index contributed by atoms with van der Waals surface area (Å²) in [6.45, 7) is 2.42. The molecule has 2 heterocycles. The van der Waals surface area contributed by atoms with Gasteiger partial charge in [-0.1, -0.05) is 48.5 Å². The first kappa shape index (κ1) is 20.4. The van der Waals surface area contributed by atoms with Crippen molar-refractivity contribution in [3.05, 3.63) is 71.1 Å². The molecule has 2 N–H and O–H groups in total. The van der Waals surface area contributed by atoms with Crippen LogP contribution in [0.4, 0.5) is 4.79 Å². The molecule has 0 unspecified atom stereocenters. The molecular formula is C24H27N3O2S. The number of benzene rings is 2.